The van der Waals surface area contributed by atoms with E-state index in [1.807, 2.05) is 0 Å². The van der Waals surface area contributed by atoms with E-state index in [1.165, 1.54) is 47.1 Å². The first kappa shape index (κ1) is 28.1. The molecule has 4 N–H and O–H groups in total. The molecule has 0 spiro atoms. The van der Waals surface area contributed by atoms with E-state index in [-0.39, 0.29) is 45.0 Å². The number of nitrogens with zero attached hydrogens (tertiary/aromatic N) is 1. The number of amides is 1. The molecule has 214 valence electrons. The molecule has 1 aliphatic heterocycles. The van der Waals surface area contributed by atoms with E-state index in [4.69, 9.17) is 9.47 Å². The largest absolute Gasteiger partial charge is 0.507 e. The molecule has 0 bridgehead atoms. The highest BCUT2D eigenvalue weighted by molar-refractivity contribution is 6.31. The van der Waals surface area contributed by atoms with Crippen LogP contribution in [0.25, 0.3) is 0 Å². The molecule has 1 aliphatic carbocycles. The van der Waals surface area contributed by atoms with E-state index in [9.17, 15) is 29.4 Å². The Morgan fingerprint density at radius 3 is 2.43 bits per heavy atom. The molecule has 2 heterocycles. The number of anilines is 2. The summed E-state index contributed by atoms with van der Waals surface area (Å²) < 4.78 is 11.2. The van der Waals surface area contributed by atoms with E-state index in [2.05, 4.69) is 15.6 Å². The highest BCUT2D eigenvalue weighted by Crippen LogP contribution is 2.57. The fraction of sp³-hybridized carbons (Fsp3) is 0.194. The molecule has 1 atom stereocenters. The van der Waals surface area contributed by atoms with Crippen molar-refractivity contribution in [1.82, 2.24) is 4.98 Å². The van der Waals surface area contributed by atoms with Gasteiger partial charge in [0.25, 0.3) is 5.91 Å². The molecule has 11 heteroatoms. The second-order valence-electron chi connectivity index (χ2n) is 10.1. The van der Waals surface area contributed by atoms with Gasteiger partial charge in [-0.1, -0.05) is 0 Å². The molecule has 0 saturated heterocycles. The average molecular weight is 570 g/mol. The van der Waals surface area contributed by atoms with E-state index in [1.54, 1.807) is 30.5 Å². The van der Waals surface area contributed by atoms with E-state index in [0.717, 1.165) is 6.08 Å². The SMILES string of the molecule is COc1ccc(NC(C)=C2C(=O)C=C3Oc4c(C(C)=O)c(O)c(C)c(O)c4[C@@]3(C)C2=O)cc1C(=O)Nc1cccnc1. The third-order valence-corrected chi connectivity index (χ3v) is 7.46. The number of phenolic OH excluding ortho intramolecular Hbond substituents is 2. The van der Waals surface area contributed by atoms with Gasteiger partial charge in [0.05, 0.1) is 35.7 Å². The van der Waals surface area contributed by atoms with Gasteiger partial charge in [-0.25, -0.2) is 0 Å². The van der Waals surface area contributed by atoms with Gasteiger partial charge in [0, 0.05) is 29.2 Å². The molecule has 5 rings (SSSR count). The first-order valence-corrected chi connectivity index (χ1v) is 12.9. The van der Waals surface area contributed by atoms with Crippen molar-refractivity contribution in [3.8, 4) is 23.0 Å². The van der Waals surface area contributed by atoms with Crippen LogP contribution < -0.4 is 20.1 Å². The van der Waals surface area contributed by atoms with Crippen LogP contribution in [-0.2, 0) is 15.0 Å². The second-order valence-corrected chi connectivity index (χ2v) is 10.1. The van der Waals surface area contributed by atoms with Crippen LogP contribution in [0.5, 0.6) is 23.0 Å². The highest BCUT2D eigenvalue weighted by atomic mass is 16.5. The number of hydrogen-bond donors (Lipinski definition) is 4. The summed E-state index contributed by atoms with van der Waals surface area (Å²) in [6, 6.07) is 8.06. The standard InChI is InChI=1S/C31H27N3O8/c1-14-26(37)24(16(3)35)28-25(27(14)38)31(4)22(42-28)12-20(36)23(29(31)39)15(2)33-17-8-9-21(41-5)19(11-17)30(40)34-18-7-6-10-32-13-18/h6-13,33,37-38H,1-5H3,(H,34,40)/t31-/m0/s1. The lowest BCUT2D eigenvalue weighted by Crippen LogP contribution is -2.40. The van der Waals surface area contributed by atoms with Crippen LogP contribution in [0.3, 0.4) is 0 Å². The van der Waals surface area contributed by atoms with Crippen molar-refractivity contribution in [1.29, 1.82) is 0 Å². The summed E-state index contributed by atoms with van der Waals surface area (Å²) in [5.74, 6) is -3.13. The number of aromatic nitrogens is 1. The predicted octanol–water partition coefficient (Wildman–Crippen LogP) is 4.34. The molecule has 3 aromatic rings. The van der Waals surface area contributed by atoms with Crippen LogP contribution in [0.15, 0.2) is 65.8 Å². The maximum absolute atomic E-state index is 14.1. The van der Waals surface area contributed by atoms with Crippen molar-refractivity contribution in [2.24, 2.45) is 0 Å². The number of nitrogens with one attached hydrogen (secondary N) is 2. The van der Waals surface area contributed by atoms with Crippen LogP contribution in [0.1, 0.15) is 52.6 Å². The Bertz CT molecular complexity index is 1770. The zero-order valence-electron chi connectivity index (χ0n) is 23.4. The number of Topliss-reactive ketones (excluding diaryl/α,β-unsaturated/α-hetero) is 2. The Morgan fingerprint density at radius 1 is 1.05 bits per heavy atom. The number of carbonyl (C=O) groups excluding carboxylic acids is 4. The number of fused-ring (bicyclic) bond motifs is 3. The quantitative estimate of drug-likeness (QED) is 0.191. The van der Waals surface area contributed by atoms with Crippen molar-refractivity contribution >= 4 is 34.6 Å². The van der Waals surface area contributed by atoms with Gasteiger partial charge in [-0.2, -0.15) is 0 Å². The maximum atomic E-state index is 14.1. The first-order chi connectivity index (χ1) is 19.9. The number of methoxy groups -OCH3 is 1. The number of allylic oxidation sites excluding steroid dienone is 4. The minimum atomic E-state index is -1.65. The number of ether oxygens (including phenoxy) is 2. The van der Waals surface area contributed by atoms with E-state index in [0.29, 0.717) is 17.1 Å². The molecule has 1 amide bonds. The number of ketones is 3. The Labute approximate surface area is 240 Å². The van der Waals surface area contributed by atoms with Gasteiger partial charge < -0.3 is 30.3 Å². The molecule has 2 aromatic carbocycles. The zero-order valence-corrected chi connectivity index (χ0v) is 23.4. The molecule has 0 saturated carbocycles. The van der Waals surface area contributed by atoms with Crippen molar-refractivity contribution in [2.75, 3.05) is 17.7 Å². The summed E-state index contributed by atoms with van der Waals surface area (Å²) in [5, 5.41) is 27.3. The van der Waals surface area contributed by atoms with Crippen LogP contribution in [0.4, 0.5) is 11.4 Å². The lowest BCUT2D eigenvalue weighted by atomic mass is 9.70. The Morgan fingerprint density at radius 2 is 1.79 bits per heavy atom. The van der Waals surface area contributed by atoms with Crippen molar-refractivity contribution < 1.29 is 38.9 Å². The normalized spacial score (nSPS) is 18.4. The highest BCUT2D eigenvalue weighted by Gasteiger charge is 2.56. The summed E-state index contributed by atoms with van der Waals surface area (Å²) >= 11 is 0. The summed E-state index contributed by atoms with van der Waals surface area (Å²) in [4.78, 5) is 56.7. The van der Waals surface area contributed by atoms with Crippen molar-refractivity contribution in [3.63, 3.8) is 0 Å². The summed E-state index contributed by atoms with van der Waals surface area (Å²) in [6.45, 7) is 5.66. The molecule has 42 heavy (non-hydrogen) atoms. The minimum absolute atomic E-state index is 0.00384. The van der Waals surface area contributed by atoms with Gasteiger partial charge in [0.2, 0.25) is 0 Å². The molecular formula is C31H27N3O8. The fourth-order valence-electron chi connectivity index (χ4n) is 5.24. The topological polar surface area (TPSA) is 164 Å². The Balaban J connectivity index is 1.55. The molecular weight excluding hydrogens is 542 g/mol. The van der Waals surface area contributed by atoms with Gasteiger partial charge in [0.15, 0.2) is 17.3 Å². The van der Waals surface area contributed by atoms with Crippen molar-refractivity contribution in [2.45, 2.75) is 33.1 Å². The number of hydrogen-bond acceptors (Lipinski definition) is 10. The lowest BCUT2D eigenvalue weighted by molar-refractivity contribution is -0.123. The molecule has 0 radical (unpaired) electrons. The Kier molecular flexibility index (Phi) is 6.81. The van der Waals surface area contributed by atoms with Crippen LogP contribution in [0, 0.1) is 6.92 Å². The third-order valence-electron chi connectivity index (χ3n) is 7.46. The molecule has 1 aromatic heterocycles. The predicted molar refractivity (Wildman–Crippen MR) is 152 cm³/mol. The number of phenols is 2. The van der Waals surface area contributed by atoms with Gasteiger partial charge in [0.1, 0.15) is 39.7 Å². The monoisotopic (exact) mass is 569 g/mol. The summed E-state index contributed by atoms with van der Waals surface area (Å²) in [6.07, 6.45) is 4.21. The fourth-order valence-corrected chi connectivity index (χ4v) is 5.24. The molecule has 0 unspecified atom stereocenters. The van der Waals surface area contributed by atoms with Crippen LogP contribution in [0.2, 0.25) is 0 Å². The number of rotatable bonds is 6. The van der Waals surface area contributed by atoms with Gasteiger partial charge in [-0.15, -0.1) is 0 Å². The van der Waals surface area contributed by atoms with Crippen molar-refractivity contribution in [3.05, 3.63) is 88.1 Å². The smallest absolute Gasteiger partial charge is 0.259 e. The number of aromatic hydroxyl groups is 2. The first-order valence-electron chi connectivity index (χ1n) is 12.9. The minimum Gasteiger partial charge on any atom is -0.507 e. The summed E-state index contributed by atoms with van der Waals surface area (Å²) in [5.41, 5.74) is -0.797. The average Bonchev–Trinajstić information content (AvgIpc) is 3.24. The van der Waals surface area contributed by atoms with Gasteiger partial charge >= 0.3 is 0 Å². The molecule has 2 aliphatic rings. The second kappa shape index (κ2) is 10.2. The van der Waals surface area contributed by atoms with Crippen LogP contribution >= 0.6 is 0 Å². The summed E-state index contributed by atoms with van der Waals surface area (Å²) in [7, 11) is 1.43. The van der Waals surface area contributed by atoms with Crippen LogP contribution in [-0.4, -0.2) is 45.6 Å². The van der Waals surface area contributed by atoms with E-state index >= 15 is 0 Å². The van der Waals surface area contributed by atoms with E-state index < -0.39 is 40.2 Å². The molecule has 11 nitrogen and oxygen atoms in total. The number of carbonyl (C=O) groups is 4. The lowest BCUT2D eigenvalue weighted by Gasteiger charge is -2.29. The zero-order chi connectivity index (χ0) is 30.5. The number of benzene rings is 2. The molecule has 0 fully saturated rings. The van der Waals surface area contributed by atoms with Gasteiger partial charge in [-0.3, -0.25) is 24.2 Å². The third kappa shape index (κ3) is 4.26. The number of pyridine rings is 1. The Hall–Kier alpha value is -5.45. The maximum Gasteiger partial charge on any atom is 0.259 e. The van der Waals surface area contributed by atoms with Gasteiger partial charge in [-0.05, 0) is 58.0 Å².